The number of thiol groups is 1. The van der Waals surface area contributed by atoms with Gasteiger partial charge in [-0.1, -0.05) is 13.8 Å². The van der Waals surface area contributed by atoms with Gasteiger partial charge in [0.2, 0.25) is 5.91 Å². The summed E-state index contributed by atoms with van der Waals surface area (Å²) >= 11 is 3.92. The van der Waals surface area contributed by atoms with Crippen LogP contribution >= 0.6 is 12.6 Å². The number of carbonyl (C=O) groups excluding carboxylic acids is 1. The molecular weight excluding hydrogens is 202 g/mol. The van der Waals surface area contributed by atoms with Crippen LogP contribution in [0.5, 0.6) is 0 Å². The van der Waals surface area contributed by atoms with Gasteiger partial charge in [0.15, 0.2) is 0 Å². The summed E-state index contributed by atoms with van der Waals surface area (Å²) in [5.41, 5.74) is 0. The molecule has 84 valence electrons. The zero-order valence-corrected chi connectivity index (χ0v) is 10.0. The Hall–Kier alpha value is -0.710. The van der Waals surface area contributed by atoms with Gasteiger partial charge in [-0.25, -0.2) is 0 Å². The topological polar surface area (TPSA) is 57.6 Å². The Morgan fingerprint density at radius 1 is 1.43 bits per heavy atom. The molecule has 0 spiro atoms. The first kappa shape index (κ1) is 15.7. The Labute approximate surface area is 90.7 Å². The number of carbonyl (C=O) groups is 2. The van der Waals surface area contributed by atoms with E-state index in [1.54, 1.807) is 13.8 Å². The third-order valence-corrected chi connectivity index (χ3v) is 1.60. The Balaban J connectivity index is 0. The second-order valence-corrected chi connectivity index (χ2v) is 3.20. The Bertz CT molecular complexity index is 183. The number of amides is 1. The third kappa shape index (κ3) is 6.77. The minimum absolute atomic E-state index is 0.247. The van der Waals surface area contributed by atoms with Crippen LogP contribution in [0.1, 0.15) is 27.7 Å². The van der Waals surface area contributed by atoms with Crippen LogP contribution in [-0.4, -0.2) is 40.2 Å². The van der Waals surface area contributed by atoms with Gasteiger partial charge in [-0.2, -0.15) is 12.6 Å². The van der Waals surface area contributed by atoms with E-state index in [1.807, 2.05) is 13.8 Å². The summed E-state index contributed by atoms with van der Waals surface area (Å²) < 4.78 is 0. The van der Waals surface area contributed by atoms with Gasteiger partial charge in [-0.3, -0.25) is 9.59 Å². The van der Waals surface area contributed by atoms with E-state index in [0.29, 0.717) is 6.54 Å². The van der Waals surface area contributed by atoms with Gasteiger partial charge in [-0.15, -0.1) is 0 Å². The summed E-state index contributed by atoms with van der Waals surface area (Å²) in [6, 6.07) is 0. The molecule has 0 fully saturated rings. The van der Waals surface area contributed by atoms with Crippen molar-refractivity contribution in [3.63, 3.8) is 0 Å². The average Bonchev–Trinajstić information content (AvgIpc) is 2.15. The number of likely N-dealkylation sites (N-methyl/N-ethyl adjacent to an activating group) is 1. The fraction of sp³-hybridized carbons (Fsp3) is 0.778. The van der Waals surface area contributed by atoms with Crippen molar-refractivity contribution >= 4 is 24.5 Å². The molecule has 5 heteroatoms. The molecule has 0 aliphatic rings. The van der Waals surface area contributed by atoms with Crippen molar-refractivity contribution < 1.29 is 14.7 Å². The van der Waals surface area contributed by atoms with Crippen LogP contribution in [0.2, 0.25) is 0 Å². The van der Waals surface area contributed by atoms with Crippen molar-refractivity contribution in [2.45, 2.75) is 32.9 Å². The predicted octanol–water partition coefficient (Wildman–Crippen LogP) is 1.26. The molecule has 0 aromatic rings. The lowest BCUT2D eigenvalue weighted by Gasteiger charge is -2.19. The number of aliphatic carboxylic acids is 1. The number of hydrogen-bond acceptors (Lipinski definition) is 3. The molecule has 0 aromatic carbocycles. The highest BCUT2D eigenvalue weighted by Crippen LogP contribution is 2.00. The molecule has 0 aromatic heterocycles. The smallest absolute Gasteiger partial charge is 0.323 e. The van der Waals surface area contributed by atoms with E-state index in [1.165, 1.54) is 4.90 Å². The van der Waals surface area contributed by atoms with Crippen molar-refractivity contribution in [1.82, 2.24) is 4.90 Å². The van der Waals surface area contributed by atoms with E-state index in [-0.39, 0.29) is 12.5 Å². The van der Waals surface area contributed by atoms with Gasteiger partial charge in [-0.05, 0) is 13.8 Å². The second kappa shape index (κ2) is 8.87. The maximum absolute atomic E-state index is 11.2. The summed E-state index contributed by atoms with van der Waals surface area (Å²) in [4.78, 5) is 22.7. The van der Waals surface area contributed by atoms with Crippen molar-refractivity contribution in [2.75, 3.05) is 13.1 Å². The van der Waals surface area contributed by atoms with Gasteiger partial charge in [0.05, 0.1) is 5.25 Å². The van der Waals surface area contributed by atoms with Crippen LogP contribution in [0.15, 0.2) is 0 Å². The van der Waals surface area contributed by atoms with Gasteiger partial charge in [0.1, 0.15) is 6.54 Å². The van der Waals surface area contributed by atoms with Crippen molar-refractivity contribution in [3.8, 4) is 0 Å². The summed E-state index contributed by atoms with van der Waals surface area (Å²) in [7, 11) is 0. The van der Waals surface area contributed by atoms with Crippen LogP contribution < -0.4 is 0 Å². The van der Waals surface area contributed by atoms with Gasteiger partial charge in [0.25, 0.3) is 0 Å². The highest BCUT2D eigenvalue weighted by Gasteiger charge is 2.17. The summed E-state index contributed by atoms with van der Waals surface area (Å²) in [6.45, 7) is 7.50. The molecule has 0 radical (unpaired) electrons. The SMILES string of the molecule is CC.CCN(CC(=O)O)C(=O)C(C)S. The van der Waals surface area contributed by atoms with Crippen LogP contribution in [0, 0.1) is 0 Å². The lowest BCUT2D eigenvalue weighted by Crippen LogP contribution is -2.39. The molecule has 0 aliphatic heterocycles. The standard InChI is InChI=1S/C7H13NO3S.C2H6/c1-3-8(4-6(9)10)7(11)5(2)12;1-2/h5,12H,3-4H2,1-2H3,(H,9,10);1-2H3. The fourth-order valence-corrected chi connectivity index (χ4v) is 0.936. The zero-order chi connectivity index (χ0) is 11.7. The van der Waals surface area contributed by atoms with E-state index in [9.17, 15) is 9.59 Å². The fourth-order valence-electron chi connectivity index (χ4n) is 0.773. The molecule has 0 heterocycles. The first-order chi connectivity index (χ1) is 6.49. The maximum Gasteiger partial charge on any atom is 0.323 e. The molecule has 0 saturated carbocycles. The first-order valence-electron chi connectivity index (χ1n) is 4.67. The predicted molar refractivity (Wildman–Crippen MR) is 59.7 cm³/mol. The number of rotatable bonds is 4. The first-order valence-corrected chi connectivity index (χ1v) is 5.19. The molecule has 0 rings (SSSR count). The Kier molecular flexibility index (Phi) is 9.98. The zero-order valence-electron chi connectivity index (χ0n) is 9.15. The number of nitrogens with zero attached hydrogens (tertiary/aromatic N) is 1. The Morgan fingerprint density at radius 2 is 1.86 bits per heavy atom. The lowest BCUT2D eigenvalue weighted by molar-refractivity contribution is -0.143. The molecular formula is C9H19NO3S. The summed E-state index contributed by atoms with van der Waals surface area (Å²) in [5.74, 6) is -1.25. The molecule has 1 N–H and O–H groups in total. The molecule has 14 heavy (non-hydrogen) atoms. The minimum Gasteiger partial charge on any atom is -0.480 e. The minimum atomic E-state index is -1.00. The highest BCUT2D eigenvalue weighted by molar-refractivity contribution is 7.81. The van der Waals surface area contributed by atoms with Gasteiger partial charge in [0, 0.05) is 6.54 Å². The van der Waals surface area contributed by atoms with E-state index in [2.05, 4.69) is 12.6 Å². The normalized spacial score (nSPS) is 10.9. The molecule has 0 aliphatic carbocycles. The van der Waals surface area contributed by atoms with E-state index >= 15 is 0 Å². The van der Waals surface area contributed by atoms with Crippen molar-refractivity contribution in [1.29, 1.82) is 0 Å². The van der Waals surface area contributed by atoms with Crippen LogP contribution in [0.25, 0.3) is 0 Å². The lowest BCUT2D eigenvalue weighted by atomic mass is 10.3. The third-order valence-electron chi connectivity index (χ3n) is 1.38. The number of carboxylic acid groups (broad SMARTS) is 1. The monoisotopic (exact) mass is 221 g/mol. The number of carboxylic acids is 1. The summed E-state index contributed by atoms with van der Waals surface area (Å²) in [6.07, 6.45) is 0. The molecule has 1 atom stereocenters. The van der Waals surface area contributed by atoms with Gasteiger partial charge < -0.3 is 10.0 Å². The van der Waals surface area contributed by atoms with Crippen LogP contribution in [-0.2, 0) is 9.59 Å². The number of hydrogen-bond donors (Lipinski definition) is 2. The van der Waals surface area contributed by atoms with Crippen LogP contribution in [0.4, 0.5) is 0 Å². The molecule has 0 saturated heterocycles. The second-order valence-electron chi connectivity index (χ2n) is 2.42. The summed E-state index contributed by atoms with van der Waals surface area (Å²) in [5, 5.41) is 7.99. The quantitative estimate of drug-likeness (QED) is 0.703. The van der Waals surface area contributed by atoms with E-state index < -0.39 is 11.2 Å². The average molecular weight is 221 g/mol. The molecule has 0 bridgehead atoms. The molecule has 1 unspecified atom stereocenters. The van der Waals surface area contributed by atoms with E-state index in [4.69, 9.17) is 5.11 Å². The van der Waals surface area contributed by atoms with E-state index in [0.717, 1.165) is 0 Å². The van der Waals surface area contributed by atoms with Gasteiger partial charge >= 0.3 is 5.97 Å². The molecule has 4 nitrogen and oxygen atoms in total. The van der Waals surface area contributed by atoms with Crippen LogP contribution in [0.3, 0.4) is 0 Å². The Morgan fingerprint density at radius 3 is 2.07 bits per heavy atom. The largest absolute Gasteiger partial charge is 0.480 e. The van der Waals surface area contributed by atoms with Crippen molar-refractivity contribution in [2.24, 2.45) is 0 Å². The molecule has 1 amide bonds. The van der Waals surface area contributed by atoms with Crippen molar-refractivity contribution in [3.05, 3.63) is 0 Å². The highest BCUT2D eigenvalue weighted by atomic mass is 32.1. The maximum atomic E-state index is 11.2.